The molecule has 1 aliphatic carbocycles. The lowest BCUT2D eigenvalue weighted by Crippen LogP contribution is -2.36. The second kappa shape index (κ2) is 6.16. The zero-order valence-electron chi connectivity index (χ0n) is 11.8. The highest BCUT2D eigenvalue weighted by molar-refractivity contribution is 6.35. The van der Waals surface area contributed by atoms with Crippen molar-refractivity contribution in [3.8, 4) is 0 Å². The summed E-state index contributed by atoms with van der Waals surface area (Å²) < 4.78 is 38.4. The highest BCUT2D eigenvalue weighted by Gasteiger charge is 2.63. The van der Waals surface area contributed by atoms with Gasteiger partial charge in [-0.15, -0.1) is 0 Å². The maximum absolute atomic E-state index is 12.8. The molecular formula is C14H16Cl2F3N3. The van der Waals surface area contributed by atoms with Gasteiger partial charge in [0, 0.05) is 10.0 Å². The van der Waals surface area contributed by atoms with Gasteiger partial charge in [-0.05, 0) is 37.5 Å². The minimum Gasteiger partial charge on any atom is -0.370 e. The Bertz CT molecular complexity index is 583. The number of hydrogen-bond donors (Lipinski definition) is 2. The standard InChI is InChI=1S/C14H16Cl2F3N3/c1-8(10-3-2-9(15)6-11(10)16)22-12(20)21-7-13(4-5-13)14(17,18)19/h2-3,6,8H,4-5,7H2,1H3,(H3,20,21,22). The van der Waals surface area contributed by atoms with Gasteiger partial charge in [0.1, 0.15) is 0 Å². The van der Waals surface area contributed by atoms with Crippen LogP contribution in [0.4, 0.5) is 13.2 Å². The normalized spacial score (nSPS) is 18.9. The summed E-state index contributed by atoms with van der Waals surface area (Å²) in [5.41, 5.74) is 4.72. The maximum atomic E-state index is 12.8. The van der Waals surface area contributed by atoms with Gasteiger partial charge in [-0.25, -0.2) is 0 Å². The Kier molecular flexibility index (Phi) is 4.82. The van der Waals surface area contributed by atoms with E-state index in [1.54, 1.807) is 25.1 Å². The van der Waals surface area contributed by atoms with Gasteiger partial charge in [-0.1, -0.05) is 29.3 Å². The molecule has 0 amide bonds. The number of rotatable bonds is 4. The van der Waals surface area contributed by atoms with Crippen LogP contribution in [0, 0.1) is 5.41 Å². The van der Waals surface area contributed by atoms with Crippen molar-refractivity contribution in [2.45, 2.75) is 32.0 Å². The quantitative estimate of drug-likeness (QED) is 0.626. The first kappa shape index (κ1) is 17.2. The number of aliphatic imine (C=N–C) groups is 1. The highest BCUT2D eigenvalue weighted by atomic mass is 35.5. The molecule has 0 aromatic heterocycles. The van der Waals surface area contributed by atoms with E-state index in [0.717, 1.165) is 5.56 Å². The maximum Gasteiger partial charge on any atom is 0.396 e. The Morgan fingerprint density at radius 2 is 2.05 bits per heavy atom. The van der Waals surface area contributed by atoms with Crippen molar-refractivity contribution in [2.75, 3.05) is 6.54 Å². The molecule has 3 nitrogen and oxygen atoms in total. The molecule has 1 unspecified atom stereocenters. The van der Waals surface area contributed by atoms with E-state index < -0.39 is 11.6 Å². The van der Waals surface area contributed by atoms with Gasteiger partial charge in [0.2, 0.25) is 0 Å². The van der Waals surface area contributed by atoms with Crippen molar-refractivity contribution in [3.63, 3.8) is 0 Å². The third-order valence-electron chi connectivity index (χ3n) is 3.80. The van der Waals surface area contributed by atoms with Crippen LogP contribution in [0.25, 0.3) is 0 Å². The van der Waals surface area contributed by atoms with Gasteiger partial charge in [0.05, 0.1) is 18.0 Å². The summed E-state index contributed by atoms with van der Waals surface area (Å²) in [6, 6.07) is 4.70. The van der Waals surface area contributed by atoms with E-state index in [4.69, 9.17) is 28.9 Å². The molecule has 0 aliphatic heterocycles. The first-order chi connectivity index (χ1) is 10.1. The van der Waals surface area contributed by atoms with Gasteiger partial charge in [-0.2, -0.15) is 13.2 Å². The molecule has 1 saturated carbocycles. The Labute approximate surface area is 136 Å². The fraction of sp³-hybridized carbons (Fsp3) is 0.500. The number of nitrogens with two attached hydrogens (primary N) is 1. The summed E-state index contributed by atoms with van der Waals surface area (Å²) in [6.07, 6.45) is -4.03. The van der Waals surface area contributed by atoms with Crippen LogP contribution in [0.2, 0.25) is 10.0 Å². The van der Waals surface area contributed by atoms with E-state index in [1.807, 2.05) is 0 Å². The van der Waals surface area contributed by atoms with Crippen LogP contribution in [0.15, 0.2) is 23.2 Å². The van der Waals surface area contributed by atoms with Crippen molar-refractivity contribution in [3.05, 3.63) is 33.8 Å². The average Bonchev–Trinajstić information content (AvgIpc) is 3.16. The molecule has 8 heteroatoms. The summed E-state index contributed by atoms with van der Waals surface area (Å²) >= 11 is 11.9. The number of benzene rings is 1. The average molecular weight is 354 g/mol. The zero-order valence-corrected chi connectivity index (χ0v) is 13.4. The van der Waals surface area contributed by atoms with Gasteiger partial charge in [0.25, 0.3) is 0 Å². The minimum absolute atomic E-state index is 0.0333. The van der Waals surface area contributed by atoms with Crippen LogP contribution in [0.3, 0.4) is 0 Å². The van der Waals surface area contributed by atoms with Crippen LogP contribution in [0.5, 0.6) is 0 Å². The molecule has 0 bridgehead atoms. The van der Waals surface area contributed by atoms with Gasteiger partial charge in [-0.3, -0.25) is 4.99 Å². The van der Waals surface area contributed by atoms with Crippen molar-refractivity contribution in [2.24, 2.45) is 16.1 Å². The van der Waals surface area contributed by atoms with Crippen molar-refractivity contribution in [1.29, 1.82) is 0 Å². The van der Waals surface area contributed by atoms with Crippen LogP contribution in [0.1, 0.15) is 31.4 Å². The number of alkyl halides is 3. The fourth-order valence-electron chi connectivity index (χ4n) is 2.12. The third-order valence-corrected chi connectivity index (χ3v) is 4.36. The summed E-state index contributed by atoms with van der Waals surface area (Å²) in [5.74, 6) is -0.0333. The zero-order chi connectivity index (χ0) is 16.5. The predicted octanol–water partition coefficient (Wildman–Crippen LogP) is 4.30. The molecular weight excluding hydrogens is 338 g/mol. The van der Waals surface area contributed by atoms with Crippen LogP contribution in [-0.2, 0) is 0 Å². The van der Waals surface area contributed by atoms with Gasteiger partial charge >= 0.3 is 6.18 Å². The monoisotopic (exact) mass is 353 g/mol. The third kappa shape index (κ3) is 3.79. The second-order valence-electron chi connectivity index (χ2n) is 5.51. The van der Waals surface area contributed by atoms with Crippen molar-refractivity contribution in [1.82, 2.24) is 5.32 Å². The lowest BCUT2D eigenvalue weighted by molar-refractivity contribution is -0.183. The Morgan fingerprint density at radius 1 is 1.41 bits per heavy atom. The molecule has 0 radical (unpaired) electrons. The molecule has 0 heterocycles. The smallest absolute Gasteiger partial charge is 0.370 e. The topological polar surface area (TPSA) is 50.4 Å². The van der Waals surface area contributed by atoms with Crippen molar-refractivity contribution < 1.29 is 13.2 Å². The summed E-state index contributed by atoms with van der Waals surface area (Å²) in [4.78, 5) is 3.83. The molecule has 22 heavy (non-hydrogen) atoms. The summed E-state index contributed by atoms with van der Waals surface area (Å²) in [6.45, 7) is 1.44. The molecule has 0 saturated heterocycles. The lowest BCUT2D eigenvalue weighted by atomic mass is 10.1. The largest absolute Gasteiger partial charge is 0.396 e. The molecule has 122 valence electrons. The number of halogens is 5. The van der Waals surface area contributed by atoms with E-state index in [1.165, 1.54) is 0 Å². The lowest BCUT2D eigenvalue weighted by Gasteiger charge is -2.19. The van der Waals surface area contributed by atoms with E-state index in [9.17, 15) is 13.2 Å². The Balaban J connectivity index is 1.99. The number of hydrogen-bond acceptors (Lipinski definition) is 1. The van der Waals surface area contributed by atoms with E-state index in [2.05, 4.69) is 10.3 Å². The van der Waals surface area contributed by atoms with E-state index in [-0.39, 0.29) is 31.4 Å². The number of nitrogens with zero attached hydrogens (tertiary/aromatic N) is 1. The molecule has 1 atom stereocenters. The number of guanidine groups is 1. The van der Waals surface area contributed by atoms with E-state index in [0.29, 0.717) is 10.0 Å². The van der Waals surface area contributed by atoms with Gasteiger partial charge in [0.15, 0.2) is 5.96 Å². The second-order valence-corrected chi connectivity index (χ2v) is 6.36. The SMILES string of the molecule is CC(NC(N)=NCC1(C(F)(F)F)CC1)c1ccc(Cl)cc1Cl. The summed E-state index contributed by atoms with van der Waals surface area (Å²) in [7, 11) is 0. The first-order valence-corrected chi connectivity index (χ1v) is 7.48. The molecule has 0 spiro atoms. The molecule has 1 aliphatic rings. The Morgan fingerprint density at radius 3 is 2.55 bits per heavy atom. The van der Waals surface area contributed by atoms with Gasteiger partial charge < -0.3 is 11.1 Å². The molecule has 2 rings (SSSR count). The summed E-state index contributed by atoms with van der Waals surface area (Å²) in [5, 5.41) is 3.80. The fourth-order valence-corrected chi connectivity index (χ4v) is 2.69. The van der Waals surface area contributed by atoms with E-state index >= 15 is 0 Å². The highest BCUT2D eigenvalue weighted by Crippen LogP contribution is 2.57. The minimum atomic E-state index is -4.23. The van der Waals surface area contributed by atoms with Crippen molar-refractivity contribution >= 4 is 29.2 Å². The first-order valence-electron chi connectivity index (χ1n) is 6.73. The molecule has 1 fully saturated rings. The predicted molar refractivity (Wildman–Crippen MR) is 82.2 cm³/mol. The van der Waals surface area contributed by atoms with Crippen LogP contribution in [-0.4, -0.2) is 18.7 Å². The van der Waals surface area contributed by atoms with Crippen LogP contribution < -0.4 is 11.1 Å². The van der Waals surface area contributed by atoms with Crippen LogP contribution >= 0.6 is 23.2 Å². The molecule has 1 aromatic carbocycles. The number of nitrogens with one attached hydrogen (secondary N) is 1. The Hall–Kier alpha value is -1.14. The molecule has 1 aromatic rings. The molecule has 3 N–H and O–H groups in total.